The van der Waals surface area contributed by atoms with E-state index in [0.717, 1.165) is 0 Å². The molecule has 0 atom stereocenters. The molecule has 0 amide bonds. The predicted octanol–water partition coefficient (Wildman–Crippen LogP) is -1.18. The van der Waals surface area contributed by atoms with Crippen LogP contribution in [0.25, 0.3) is 0 Å². The van der Waals surface area contributed by atoms with Gasteiger partial charge in [-0.25, -0.2) is 9.97 Å². The molecule has 0 aliphatic carbocycles. The van der Waals surface area contributed by atoms with Crippen molar-refractivity contribution in [3.05, 3.63) is 12.4 Å². The van der Waals surface area contributed by atoms with Gasteiger partial charge in [0.15, 0.2) is 0 Å². The predicted molar refractivity (Wildman–Crippen MR) is 48.0 cm³/mol. The minimum absolute atomic E-state index is 0.166. The van der Waals surface area contributed by atoms with E-state index in [9.17, 15) is 0 Å². The van der Waals surface area contributed by atoms with Crippen molar-refractivity contribution in [3.8, 4) is 0 Å². The normalized spacial score (nSPS) is 10.4. The van der Waals surface area contributed by atoms with Gasteiger partial charge in [-0.3, -0.25) is 0 Å². The molecular weight excluding hydrogens is 172 g/mol. The maximum Gasteiger partial charge on any atom is 0.131 e. The lowest BCUT2D eigenvalue weighted by atomic mass is 10.3. The van der Waals surface area contributed by atoms with Crippen LogP contribution in [0.2, 0.25) is 0 Å². The molecule has 0 saturated heterocycles. The molecule has 1 aromatic rings. The second-order valence-corrected chi connectivity index (χ2v) is 2.53. The highest BCUT2D eigenvalue weighted by Gasteiger charge is 2.05. The van der Waals surface area contributed by atoms with Crippen LogP contribution in [-0.2, 0) is 0 Å². The Hall–Kier alpha value is -1.40. The van der Waals surface area contributed by atoms with Gasteiger partial charge >= 0.3 is 0 Å². The summed E-state index contributed by atoms with van der Waals surface area (Å²) in [7, 11) is 0. The van der Waals surface area contributed by atoms with Crippen LogP contribution in [0.3, 0.4) is 0 Å². The molecule has 1 aromatic heterocycles. The third-order valence-corrected chi connectivity index (χ3v) is 1.48. The van der Waals surface area contributed by atoms with E-state index in [-0.39, 0.29) is 13.2 Å². The fourth-order valence-electron chi connectivity index (χ4n) is 0.809. The molecule has 6 heteroatoms. The second kappa shape index (κ2) is 4.58. The number of aliphatic hydroxyl groups excluding tert-OH is 2. The largest absolute Gasteiger partial charge is 0.394 e. The molecule has 1 rings (SSSR count). The number of hydrogen-bond acceptors (Lipinski definition) is 6. The molecule has 0 radical (unpaired) electrons. The molecule has 0 aromatic carbocycles. The van der Waals surface area contributed by atoms with Crippen molar-refractivity contribution in [1.29, 1.82) is 0 Å². The number of nitrogens with one attached hydrogen (secondary N) is 1. The number of aliphatic hydroxyl groups is 2. The first-order valence-corrected chi connectivity index (χ1v) is 3.82. The summed E-state index contributed by atoms with van der Waals surface area (Å²) in [5.74, 6) is 0.827. The van der Waals surface area contributed by atoms with Crippen molar-refractivity contribution in [1.82, 2.24) is 9.97 Å². The highest BCUT2D eigenvalue weighted by molar-refractivity contribution is 5.43. The first-order valence-electron chi connectivity index (χ1n) is 3.82. The molecule has 0 bridgehead atoms. The molecule has 1 heterocycles. The first kappa shape index (κ1) is 9.69. The van der Waals surface area contributed by atoms with Gasteiger partial charge in [0.05, 0.1) is 19.3 Å². The van der Waals surface area contributed by atoms with E-state index in [2.05, 4.69) is 15.3 Å². The van der Waals surface area contributed by atoms with Crippen molar-refractivity contribution in [3.63, 3.8) is 0 Å². The van der Waals surface area contributed by atoms with Gasteiger partial charge in [0.2, 0.25) is 0 Å². The summed E-state index contributed by atoms with van der Waals surface area (Å²) >= 11 is 0. The fourth-order valence-corrected chi connectivity index (χ4v) is 0.809. The third kappa shape index (κ3) is 2.85. The molecule has 5 N–H and O–H groups in total. The Morgan fingerprint density at radius 1 is 1.38 bits per heavy atom. The van der Waals surface area contributed by atoms with Gasteiger partial charge in [-0.15, -0.1) is 0 Å². The summed E-state index contributed by atoms with van der Waals surface area (Å²) in [6, 6.07) is 1.10. The van der Waals surface area contributed by atoms with E-state index in [1.54, 1.807) is 0 Å². The third-order valence-electron chi connectivity index (χ3n) is 1.48. The van der Waals surface area contributed by atoms with Crippen LogP contribution in [-0.4, -0.2) is 39.4 Å². The average Bonchev–Trinajstić information content (AvgIpc) is 2.14. The molecule has 0 unspecified atom stereocenters. The Kier molecular flexibility index (Phi) is 3.41. The smallest absolute Gasteiger partial charge is 0.131 e. The maximum absolute atomic E-state index is 8.76. The standard InChI is InChI=1S/C7H12N4O2/c8-6-1-7(10-4-9-6)11-5(2-12)3-13/h1,4-5,12-13H,2-3H2,(H3,8,9,10,11). The zero-order valence-corrected chi connectivity index (χ0v) is 7.01. The number of rotatable bonds is 4. The van der Waals surface area contributed by atoms with E-state index in [1.807, 2.05) is 0 Å². The van der Waals surface area contributed by atoms with Crippen molar-refractivity contribution >= 4 is 11.6 Å². The average molecular weight is 184 g/mol. The monoisotopic (exact) mass is 184 g/mol. The topological polar surface area (TPSA) is 104 Å². The number of anilines is 2. The molecule has 0 fully saturated rings. The lowest BCUT2D eigenvalue weighted by Crippen LogP contribution is -2.28. The summed E-state index contributed by atoms with van der Waals surface area (Å²) < 4.78 is 0. The molecule has 0 aliphatic heterocycles. The van der Waals surface area contributed by atoms with Crippen LogP contribution in [0.4, 0.5) is 11.6 Å². The zero-order valence-electron chi connectivity index (χ0n) is 7.01. The Labute approximate surface area is 75.4 Å². The molecule has 0 saturated carbocycles. The summed E-state index contributed by atoms with van der Waals surface area (Å²) in [6.45, 7) is -0.333. The highest BCUT2D eigenvalue weighted by Crippen LogP contribution is 2.05. The van der Waals surface area contributed by atoms with E-state index < -0.39 is 6.04 Å². The zero-order chi connectivity index (χ0) is 9.68. The number of aromatic nitrogens is 2. The molecule has 13 heavy (non-hydrogen) atoms. The van der Waals surface area contributed by atoms with E-state index in [4.69, 9.17) is 15.9 Å². The van der Waals surface area contributed by atoms with Crippen LogP contribution >= 0.6 is 0 Å². The first-order chi connectivity index (χ1) is 6.26. The highest BCUT2D eigenvalue weighted by atomic mass is 16.3. The van der Waals surface area contributed by atoms with Gasteiger partial charge in [-0.1, -0.05) is 0 Å². The Morgan fingerprint density at radius 3 is 2.62 bits per heavy atom. The van der Waals surface area contributed by atoms with Crippen molar-refractivity contribution in [2.75, 3.05) is 24.3 Å². The number of nitrogens with two attached hydrogens (primary N) is 1. The minimum Gasteiger partial charge on any atom is -0.394 e. The summed E-state index contributed by atoms with van der Waals surface area (Å²) in [5, 5.41) is 20.3. The van der Waals surface area contributed by atoms with Crippen LogP contribution in [0.5, 0.6) is 0 Å². The van der Waals surface area contributed by atoms with Gasteiger partial charge in [-0.2, -0.15) is 0 Å². The molecule has 0 aliphatic rings. The van der Waals surface area contributed by atoms with Gasteiger partial charge in [0, 0.05) is 6.07 Å². The second-order valence-electron chi connectivity index (χ2n) is 2.53. The molecule has 0 spiro atoms. The minimum atomic E-state index is -0.422. The van der Waals surface area contributed by atoms with Crippen molar-refractivity contribution in [2.45, 2.75) is 6.04 Å². The van der Waals surface area contributed by atoms with Gasteiger partial charge < -0.3 is 21.3 Å². The number of nitrogen functional groups attached to an aromatic ring is 1. The Morgan fingerprint density at radius 2 is 2.08 bits per heavy atom. The van der Waals surface area contributed by atoms with Crippen LogP contribution < -0.4 is 11.1 Å². The summed E-state index contributed by atoms with van der Waals surface area (Å²) in [5.41, 5.74) is 5.40. The molecule has 72 valence electrons. The van der Waals surface area contributed by atoms with E-state index >= 15 is 0 Å². The van der Waals surface area contributed by atoms with Crippen LogP contribution in [0, 0.1) is 0 Å². The van der Waals surface area contributed by atoms with E-state index in [1.165, 1.54) is 12.4 Å². The van der Waals surface area contributed by atoms with Crippen LogP contribution in [0.15, 0.2) is 12.4 Å². The molecule has 6 nitrogen and oxygen atoms in total. The lowest BCUT2D eigenvalue weighted by Gasteiger charge is -2.13. The van der Waals surface area contributed by atoms with Crippen molar-refractivity contribution < 1.29 is 10.2 Å². The number of nitrogens with zero attached hydrogens (tertiary/aromatic N) is 2. The Balaban J connectivity index is 2.62. The summed E-state index contributed by atoms with van der Waals surface area (Å²) in [6.07, 6.45) is 1.31. The van der Waals surface area contributed by atoms with Gasteiger partial charge in [0.25, 0.3) is 0 Å². The van der Waals surface area contributed by atoms with Crippen LogP contribution in [0.1, 0.15) is 0 Å². The Bertz CT molecular complexity index is 264. The summed E-state index contributed by atoms with van der Waals surface area (Å²) in [4.78, 5) is 7.55. The van der Waals surface area contributed by atoms with E-state index in [0.29, 0.717) is 11.6 Å². The molecular formula is C7H12N4O2. The van der Waals surface area contributed by atoms with Crippen molar-refractivity contribution in [2.24, 2.45) is 0 Å². The maximum atomic E-state index is 8.76. The SMILES string of the molecule is Nc1cc(NC(CO)CO)ncn1. The number of hydrogen-bond donors (Lipinski definition) is 4. The fraction of sp³-hybridized carbons (Fsp3) is 0.429. The van der Waals surface area contributed by atoms with Gasteiger partial charge in [-0.05, 0) is 0 Å². The van der Waals surface area contributed by atoms with Gasteiger partial charge in [0.1, 0.15) is 18.0 Å². The lowest BCUT2D eigenvalue weighted by molar-refractivity contribution is 0.203. The quantitative estimate of drug-likeness (QED) is 0.469.